The van der Waals surface area contributed by atoms with Crippen LogP contribution in [-0.4, -0.2) is 46.5 Å². The normalized spacial score (nSPS) is 15.0. The molecule has 37 heavy (non-hydrogen) atoms. The van der Waals surface area contributed by atoms with E-state index in [9.17, 15) is 19.2 Å². The maximum absolute atomic E-state index is 13.5. The summed E-state index contributed by atoms with van der Waals surface area (Å²) >= 11 is 12.7. The van der Waals surface area contributed by atoms with Gasteiger partial charge in [0, 0.05) is 10.7 Å². The van der Waals surface area contributed by atoms with Crippen LogP contribution < -0.4 is 15.6 Å². The largest absolute Gasteiger partial charge is 0.462 e. The van der Waals surface area contributed by atoms with E-state index in [-0.39, 0.29) is 18.1 Å². The lowest BCUT2D eigenvalue weighted by atomic mass is 10.1. The van der Waals surface area contributed by atoms with Crippen molar-refractivity contribution in [3.8, 4) is 0 Å². The SMILES string of the molecule is CCOC(=O)c1ccc(N2C(=O)C(CC(=O)Nc3ccc(Cl)cc3)N(NC(=O)c3cccs3)C2=S)cc1. The number of halogens is 1. The van der Waals surface area contributed by atoms with Gasteiger partial charge in [0.1, 0.15) is 6.04 Å². The van der Waals surface area contributed by atoms with Gasteiger partial charge in [-0.2, -0.15) is 0 Å². The monoisotopic (exact) mass is 556 g/mol. The Labute approximate surface area is 226 Å². The van der Waals surface area contributed by atoms with Crippen LogP contribution in [0.1, 0.15) is 33.4 Å². The maximum Gasteiger partial charge on any atom is 0.338 e. The second-order valence-corrected chi connectivity index (χ2v) is 9.54. The highest BCUT2D eigenvalue weighted by molar-refractivity contribution is 7.80. The number of hydrogen-bond acceptors (Lipinski definition) is 7. The van der Waals surface area contributed by atoms with Gasteiger partial charge in [-0.05, 0) is 79.1 Å². The Kier molecular flexibility index (Phi) is 8.17. The zero-order valence-electron chi connectivity index (χ0n) is 19.5. The summed E-state index contributed by atoms with van der Waals surface area (Å²) in [5.74, 6) is -1.93. The minimum Gasteiger partial charge on any atom is -0.462 e. The number of esters is 1. The van der Waals surface area contributed by atoms with Crippen molar-refractivity contribution in [3.05, 3.63) is 81.5 Å². The zero-order chi connectivity index (χ0) is 26.5. The standard InChI is InChI=1S/C25H21ClN4O5S2/c1-2-35-24(34)15-5-11-18(12-6-15)29-23(33)19(14-21(31)27-17-9-7-16(26)8-10-17)30(25(29)36)28-22(32)20-4-3-13-37-20/h3-13,19H,2,14H2,1H3,(H,27,31)(H,28,32). The first-order chi connectivity index (χ1) is 17.8. The van der Waals surface area contributed by atoms with Gasteiger partial charge in [0.2, 0.25) is 11.0 Å². The van der Waals surface area contributed by atoms with Crippen molar-refractivity contribution in [1.29, 1.82) is 0 Å². The average molecular weight is 557 g/mol. The van der Waals surface area contributed by atoms with Crippen molar-refractivity contribution in [1.82, 2.24) is 10.4 Å². The maximum atomic E-state index is 13.5. The number of carbonyl (C=O) groups is 4. The van der Waals surface area contributed by atoms with Crippen molar-refractivity contribution < 1.29 is 23.9 Å². The number of hydrazine groups is 1. The first kappa shape index (κ1) is 26.3. The van der Waals surface area contributed by atoms with E-state index < -0.39 is 29.7 Å². The number of nitrogens with zero attached hydrogens (tertiary/aromatic N) is 2. The van der Waals surface area contributed by atoms with E-state index in [0.29, 0.717) is 26.8 Å². The molecule has 3 amide bonds. The average Bonchev–Trinajstić information content (AvgIpc) is 3.49. The van der Waals surface area contributed by atoms with Gasteiger partial charge < -0.3 is 10.1 Å². The third-order valence-electron chi connectivity index (χ3n) is 5.32. The highest BCUT2D eigenvalue weighted by Gasteiger charge is 2.45. The fourth-order valence-electron chi connectivity index (χ4n) is 3.59. The second-order valence-electron chi connectivity index (χ2n) is 7.79. The Hall–Kier alpha value is -3.80. The third-order valence-corrected chi connectivity index (χ3v) is 6.82. The van der Waals surface area contributed by atoms with Crippen LogP contribution in [-0.2, 0) is 14.3 Å². The van der Waals surface area contributed by atoms with E-state index in [1.165, 1.54) is 33.4 Å². The number of thiophene rings is 1. The topological polar surface area (TPSA) is 108 Å². The molecule has 1 unspecified atom stereocenters. The van der Waals surface area contributed by atoms with E-state index >= 15 is 0 Å². The van der Waals surface area contributed by atoms with E-state index in [1.807, 2.05) is 0 Å². The molecule has 1 fully saturated rings. The van der Waals surface area contributed by atoms with Gasteiger partial charge in [0.25, 0.3) is 11.8 Å². The molecule has 1 aliphatic heterocycles. The van der Waals surface area contributed by atoms with Gasteiger partial charge >= 0.3 is 5.97 Å². The Morgan fingerprint density at radius 2 is 1.78 bits per heavy atom. The molecule has 4 rings (SSSR count). The van der Waals surface area contributed by atoms with E-state index in [0.717, 1.165) is 0 Å². The first-order valence-corrected chi connectivity index (χ1v) is 12.8. The number of nitrogens with one attached hydrogen (secondary N) is 2. The summed E-state index contributed by atoms with van der Waals surface area (Å²) in [5, 5.41) is 6.19. The Bertz CT molecular complexity index is 1330. The van der Waals surface area contributed by atoms with Crippen molar-refractivity contribution in [2.75, 3.05) is 16.8 Å². The van der Waals surface area contributed by atoms with Crippen LogP contribution in [0, 0.1) is 0 Å². The van der Waals surface area contributed by atoms with Gasteiger partial charge in [0.05, 0.1) is 29.2 Å². The predicted octanol–water partition coefficient (Wildman–Crippen LogP) is 4.25. The molecule has 9 nitrogen and oxygen atoms in total. The fourth-order valence-corrected chi connectivity index (χ4v) is 4.70. The van der Waals surface area contributed by atoms with Crippen LogP contribution in [0.5, 0.6) is 0 Å². The van der Waals surface area contributed by atoms with Crippen LogP contribution in [0.3, 0.4) is 0 Å². The molecule has 1 aliphatic rings. The lowest BCUT2D eigenvalue weighted by Gasteiger charge is -2.24. The second kappa shape index (κ2) is 11.5. The minimum atomic E-state index is -1.10. The Morgan fingerprint density at radius 1 is 1.08 bits per heavy atom. The van der Waals surface area contributed by atoms with Crippen molar-refractivity contribution >= 4 is 75.3 Å². The quantitative estimate of drug-likeness (QED) is 0.315. The molecule has 1 saturated heterocycles. The number of benzene rings is 2. The summed E-state index contributed by atoms with van der Waals surface area (Å²) in [6, 6.07) is 14.9. The number of amides is 3. The van der Waals surface area contributed by atoms with E-state index in [1.54, 1.807) is 60.8 Å². The first-order valence-electron chi connectivity index (χ1n) is 11.1. The molecule has 0 spiro atoms. The highest BCUT2D eigenvalue weighted by Crippen LogP contribution is 2.27. The highest BCUT2D eigenvalue weighted by atomic mass is 35.5. The van der Waals surface area contributed by atoms with E-state index in [4.69, 9.17) is 28.6 Å². The molecule has 0 radical (unpaired) electrons. The molecule has 0 bridgehead atoms. The Morgan fingerprint density at radius 3 is 2.41 bits per heavy atom. The van der Waals surface area contributed by atoms with Crippen molar-refractivity contribution in [2.24, 2.45) is 0 Å². The number of carbonyl (C=O) groups excluding carboxylic acids is 4. The summed E-state index contributed by atoms with van der Waals surface area (Å²) in [5.41, 5.74) is 3.85. The van der Waals surface area contributed by atoms with Gasteiger partial charge in [-0.25, -0.2) is 9.80 Å². The van der Waals surface area contributed by atoms with Crippen molar-refractivity contribution in [2.45, 2.75) is 19.4 Å². The number of ether oxygens (including phenoxy) is 1. The molecular weight excluding hydrogens is 536 g/mol. The smallest absolute Gasteiger partial charge is 0.338 e. The summed E-state index contributed by atoms with van der Waals surface area (Å²) in [6.07, 6.45) is -0.288. The molecular formula is C25H21ClN4O5S2. The third kappa shape index (κ3) is 5.96. The molecule has 1 aromatic heterocycles. The number of rotatable bonds is 8. The number of thiocarbonyl (C=S) groups is 1. The molecule has 190 valence electrons. The van der Waals surface area contributed by atoms with Gasteiger partial charge in [-0.1, -0.05) is 17.7 Å². The van der Waals surface area contributed by atoms with Gasteiger partial charge in [-0.15, -0.1) is 11.3 Å². The summed E-state index contributed by atoms with van der Waals surface area (Å²) < 4.78 is 5.00. The van der Waals surface area contributed by atoms with Crippen LogP contribution in [0.25, 0.3) is 0 Å². The summed E-state index contributed by atoms with van der Waals surface area (Å²) in [4.78, 5) is 52.8. The van der Waals surface area contributed by atoms with Gasteiger partial charge in [0.15, 0.2) is 0 Å². The molecule has 2 N–H and O–H groups in total. The number of anilines is 2. The van der Waals surface area contributed by atoms with E-state index in [2.05, 4.69) is 10.7 Å². The van der Waals surface area contributed by atoms with Crippen LogP contribution >= 0.6 is 35.2 Å². The molecule has 0 saturated carbocycles. The van der Waals surface area contributed by atoms with Crippen LogP contribution in [0.4, 0.5) is 11.4 Å². The molecule has 0 aliphatic carbocycles. The number of hydrogen-bond donors (Lipinski definition) is 2. The summed E-state index contributed by atoms with van der Waals surface area (Å²) in [7, 11) is 0. The Balaban J connectivity index is 1.58. The molecule has 2 aromatic carbocycles. The minimum absolute atomic E-state index is 0.0110. The molecule has 3 aromatic rings. The zero-order valence-corrected chi connectivity index (χ0v) is 21.9. The fraction of sp³-hybridized carbons (Fsp3) is 0.160. The molecule has 2 heterocycles. The molecule has 1 atom stereocenters. The van der Waals surface area contributed by atoms with Gasteiger partial charge in [-0.3, -0.25) is 24.7 Å². The van der Waals surface area contributed by atoms with Crippen molar-refractivity contribution in [3.63, 3.8) is 0 Å². The van der Waals surface area contributed by atoms with Crippen LogP contribution in [0.2, 0.25) is 5.02 Å². The predicted molar refractivity (Wildman–Crippen MR) is 145 cm³/mol. The lowest BCUT2D eigenvalue weighted by Crippen LogP contribution is -2.49. The van der Waals surface area contributed by atoms with Crippen LogP contribution in [0.15, 0.2) is 66.0 Å². The summed E-state index contributed by atoms with van der Waals surface area (Å²) in [6.45, 7) is 1.93. The lowest BCUT2D eigenvalue weighted by molar-refractivity contribution is -0.124. The molecule has 12 heteroatoms.